The van der Waals surface area contributed by atoms with Crippen molar-refractivity contribution in [3.05, 3.63) is 90.0 Å². The van der Waals surface area contributed by atoms with Gasteiger partial charge in [0, 0.05) is 19.8 Å². The number of carbonyl (C=O) groups excluding carboxylic acids is 1. The van der Waals surface area contributed by atoms with E-state index in [1.165, 1.54) is 20.3 Å². The fraction of sp³-hybridized carbons (Fsp3) is 0.160. The molecule has 0 radical (unpaired) electrons. The molecule has 0 heterocycles. The van der Waals surface area contributed by atoms with E-state index in [4.69, 9.17) is 23.7 Å². The third-order valence-corrected chi connectivity index (χ3v) is 4.16. The van der Waals surface area contributed by atoms with Crippen molar-refractivity contribution in [2.24, 2.45) is 0 Å². The first-order chi connectivity index (χ1) is 15.2. The molecular weight excluding hydrogens is 396 g/mol. The summed E-state index contributed by atoms with van der Waals surface area (Å²) in [5.74, 6) is 2.18. The molecule has 31 heavy (non-hydrogen) atoms. The van der Waals surface area contributed by atoms with Gasteiger partial charge in [-0.1, -0.05) is 42.5 Å². The van der Waals surface area contributed by atoms with Crippen LogP contribution in [0.5, 0.6) is 23.0 Å². The third kappa shape index (κ3) is 6.70. The summed E-state index contributed by atoms with van der Waals surface area (Å²) in [4.78, 5) is 12.7. The van der Waals surface area contributed by atoms with Gasteiger partial charge in [-0.2, -0.15) is 0 Å². The molecule has 0 saturated heterocycles. The minimum absolute atomic E-state index is 0.0731. The van der Waals surface area contributed by atoms with Crippen LogP contribution >= 0.6 is 0 Å². The molecular formula is C25H24O6. The van der Waals surface area contributed by atoms with E-state index >= 15 is 0 Å². The molecule has 0 saturated carbocycles. The fourth-order valence-electron chi connectivity index (χ4n) is 2.71. The number of hydrogen-bond acceptors (Lipinski definition) is 6. The predicted molar refractivity (Wildman–Crippen MR) is 118 cm³/mol. The molecule has 0 spiro atoms. The lowest BCUT2D eigenvalue weighted by Gasteiger charge is -2.12. The van der Waals surface area contributed by atoms with Crippen molar-refractivity contribution in [2.75, 3.05) is 27.8 Å². The normalized spacial score (nSPS) is 10.8. The topological polar surface area (TPSA) is 63.2 Å². The maximum atomic E-state index is 12.7. The number of hydrogen-bond donors (Lipinski definition) is 0. The maximum Gasteiger partial charge on any atom is 0.188 e. The van der Waals surface area contributed by atoms with Crippen LogP contribution in [-0.2, 0) is 9.47 Å². The summed E-state index contributed by atoms with van der Waals surface area (Å²) < 4.78 is 26.7. The third-order valence-electron chi connectivity index (χ3n) is 4.16. The first kappa shape index (κ1) is 22.1. The number of ether oxygens (including phenoxy) is 5. The van der Waals surface area contributed by atoms with Gasteiger partial charge in [-0.25, -0.2) is 0 Å². The van der Waals surface area contributed by atoms with Crippen molar-refractivity contribution in [3.8, 4) is 23.0 Å². The molecule has 0 N–H and O–H groups in total. The summed E-state index contributed by atoms with van der Waals surface area (Å²) in [5, 5.41) is 0. The van der Waals surface area contributed by atoms with E-state index in [1.807, 2.05) is 42.5 Å². The number of rotatable bonds is 11. The van der Waals surface area contributed by atoms with Gasteiger partial charge in [0.1, 0.15) is 11.5 Å². The molecule has 0 amide bonds. The molecule has 0 aliphatic carbocycles. The highest BCUT2D eigenvalue weighted by Gasteiger charge is 2.08. The number of methoxy groups -OCH3 is 2. The Morgan fingerprint density at radius 2 is 1.48 bits per heavy atom. The Bertz CT molecular complexity index is 1010. The van der Waals surface area contributed by atoms with Crippen LogP contribution in [0.3, 0.4) is 0 Å². The summed E-state index contributed by atoms with van der Waals surface area (Å²) in [6.45, 7) is 0.169. The second-order valence-electron chi connectivity index (χ2n) is 6.45. The van der Waals surface area contributed by atoms with Crippen LogP contribution in [0, 0.1) is 0 Å². The summed E-state index contributed by atoms with van der Waals surface area (Å²) in [7, 11) is 3.08. The van der Waals surface area contributed by atoms with Gasteiger partial charge in [0.25, 0.3) is 0 Å². The van der Waals surface area contributed by atoms with Gasteiger partial charge in [-0.15, -0.1) is 0 Å². The Labute approximate surface area is 181 Å². The van der Waals surface area contributed by atoms with Crippen molar-refractivity contribution < 1.29 is 28.5 Å². The highest BCUT2D eigenvalue weighted by molar-refractivity contribution is 6.07. The van der Waals surface area contributed by atoms with Crippen LogP contribution in [0.25, 0.3) is 6.08 Å². The van der Waals surface area contributed by atoms with Crippen molar-refractivity contribution in [1.29, 1.82) is 0 Å². The van der Waals surface area contributed by atoms with Gasteiger partial charge < -0.3 is 23.7 Å². The summed E-state index contributed by atoms with van der Waals surface area (Å²) in [6.07, 6.45) is 3.22. The zero-order valence-corrected chi connectivity index (χ0v) is 17.4. The Kier molecular flexibility index (Phi) is 8.22. The Balaban J connectivity index is 1.72. The minimum atomic E-state index is -0.141. The van der Waals surface area contributed by atoms with Crippen molar-refractivity contribution in [2.45, 2.75) is 0 Å². The molecule has 0 aromatic heterocycles. The number of allylic oxidation sites excluding steroid dienone is 1. The Morgan fingerprint density at radius 1 is 0.774 bits per heavy atom. The minimum Gasteiger partial charge on any atom is -0.464 e. The largest absolute Gasteiger partial charge is 0.464 e. The summed E-state index contributed by atoms with van der Waals surface area (Å²) in [6, 6.07) is 21.8. The van der Waals surface area contributed by atoms with Crippen molar-refractivity contribution in [1.82, 2.24) is 0 Å². The van der Waals surface area contributed by atoms with Gasteiger partial charge in [0.2, 0.25) is 0 Å². The van der Waals surface area contributed by atoms with E-state index in [-0.39, 0.29) is 19.4 Å². The van der Waals surface area contributed by atoms with Gasteiger partial charge in [0.15, 0.2) is 30.9 Å². The lowest BCUT2D eigenvalue weighted by Crippen LogP contribution is -2.04. The smallest absolute Gasteiger partial charge is 0.188 e. The van der Waals surface area contributed by atoms with E-state index in [0.717, 1.165) is 5.56 Å². The molecule has 0 bridgehead atoms. The van der Waals surface area contributed by atoms with E-state index < -0.39 is 0 Å². The van der Waals surface area contributed by atoms with Crippen molar-refractivity contribution >= 4 is 11.9 Å². The van der Waals surface area contributed by atoms with Crippen LogP contribution in [0.15, 0.2) is 78.9 Å². The second kappa shape index (κ2) is 11.5. The molecule has 6 nitrogen and oxygen atoms in total. The summed E-state index contributed by atoms with van der Waals surface area (Å²) in [5.41, 5.74) is 1.31. The highest BCUT2D eigenvalue weighted by atomic mass is 16.7. The molecule has 160 valence electrons. The van der Waals surface area contributed by atoms with Crippen molar-refractivity contribution in [3.63, 3.8) is 0 Å². The second-order valence-corrected chi connectivity index (χ2v) is 6.45. The van der Waals surface area contributed by atoms with Gasteiger partial charge in [-0.3, -0.25) is 4.79 Å². The zero-order chi connectivity index (χ0) is 21.9. The molecule has 3 aromatic carbocycles. The van der Waals surface area contributed by atoms with E-state index in [9.17, 15) is 4.79 Å². The van der Waals surface area contributed by atoms with Crippen LogP contribution < -0.4 is 14.2 Å². The molecule has 0 aliphatic rings. The predicted octanol–water partition coefficient (Wildman–Crippen LogP) is 5.34. The standard InChI is InChI=1S/C25H24O6/c1-27-17-29-24-14-12-19(15-25(24)30-18-28-2)11-13-23(26)20-7-6-10-22(16-20)31-21-8-4-3-5-9-21/h3-16H,17-18H2,1-2H3/b13-11+. The van der Waals surface area contributed by atoms with Gasteiger partial charge in [-0.05, 0) is 48.0 Å². The maximum absolute atomic E-state index is 12.7. The number of carbonyl (C=O) groups is 1. The van der Waals surface area contributed by atoms with E-state index in [1.54, 1.807) is 36.4 Å². The average Bonchev–Trinajstić information content (AvgIpc) is 2.81. The SMILES string of the molecule is COCOc1ccc(/C=C/C(=O)c2cccc(Oc3ccccc3)c2)cc1OCOC. The number of benzene rings is 3. The first-order valence-corrected chi connectivity index (χ1v) is 9.62. The lowest BCUT2D eigenvalue weighted by atomic mass is 10.1. The molecule has 0 atom stereocenters. The Morgan fingerprint density at radius 3 is 2.23 bits per heavy atom. The molecule has 6 heteroatoms. The molecule has 0 aliphatic heterocycles. The zero-order valence-electron chi connectivity index (χ0n) is 17.4. The average molecular weight is 420 g/mol. The first-order valence-electron chi connectivity index (χ1n) is 9.62. The lowest BCUT2D eigenvalue weighted by molar-refractivity contribution is 0.0322. The van der Waals surface area contributed by atoms with E-state index in [2.05, 4.69) is 0 Å². The quantitative estimate of drug-likeness (QED) is 0.237. The number of ketones is 1. The number of para-hydroxylation sites is 1. The monoisotopic (exact) mass is 420 g/mol. The Hall–Kier alpha value is -3.61. The molecule has 0 unspecified atom stereocenters. The molecule has 0 fully saturated rings. The van der Waals surface area contributed by atoms with Crippen LogP contribution in [0.2, 0.25) is 0 Å². The van der Waals surface area contributed by atoms with Crippen LogP contribution in [0.4, 0.5) is 0 Å². The van der Waals surface area contributed by atoms with Crippen LogP contribution in [0.1, 0.15) is 15.9 Å². The summed E-state index contributed by atoms with van der Waals surface area (Å²) >= 11 is 0. The van der Waals surface area contributed by atoms with Gasteiger partial charge >= 0.3 is 0 Å². The van der Waals surface area contributed by atoms with Gasteiger partial charge in [0.05, 0.1) is 0 Å². The fourth-order valence-corrected chi connectivity index (χ4v) is 2.71. The van der Waals surface area contributed by atoms with E-state index in [0.29, 0.717) is 28.6 Å². The van der Waals surface area contributed by atoms with Crippen LogP contribution in [-0.4, -0.2) is 33.6 Å². The molecule has 3 aromatic rings. The molecule has 3 rings (SSSR count). The highest BCUT2D eigenvalue weighted by Crippen LogP contribution is 2.29.